The highest BCUT2D eigenvalue weighted by molar-refractivity contribution is 6.28. The largest absolute Gasteiger partial charge is 0.342 e. The molecule has 0 saturated heterocycles. The zero-order valence-corrected chi connectivity index (χ0v) is 12.7. The summed E-state index contributed by atoms with van der Waals surface area (Å²) in [7, 11) is 0. The van der Waals surface area contributed by atoms with Crippen molar-refractivity contribution in [1.82, 2.24) is 24.9 Å². The molecule has 0 bridgehead atoms. The van der Waals surface area contributed by atoms with Crippen molar-refractivity contribution in [3.05, 3.63) is 35.1 Å². The van der Waals surface area contributed by atoms with Crippen molar-refractivity contribution in [3.63, 3.8) is 0 Å². The summed E-state index contributed by atoms with van der Waals surface area (Å²) < 4.78 is 0. The maximum Gasteiger partial charge on any atom is 0.224 e. The number of nitrogens with one attached hydrogen (secondary N) is 2. The van der Waals surface area contributed by atoms with E-state index in [1.54, 1.807) is 12.3 Å². The minimum atomic E-state index is 0.197. The Bertz CT molecular complexity index is 795. The summed E-state index contributed by atoms with van der Waals surface area (Å²) >= 11 is 5.79. The first-order valence-corrected chi connectivity index (χ1v) is 7.03. The summed E-state index contributed by atoms with van der Waals surface area (Å²) in [5.74, 6) is 2.44. The maximum atomic E-state index is 5.79. The fourth-order valence-corrected chi connectivity index (χ4v) is 2.31. The Hall–Kier alpha value is -2.21. The van der Waals surface area contributed by atoms with Gasteiger partial charge >= 0.3 is 0 Å². The van der Waals surface area contributed by atoms with E-state index < -0.39 is 0 Å². The third-order valence-electron chi connectivity index (χ3n) is 3.04. The second kappa shape index (κ2) is 5.29. The molecule has 7 heteroatoms. The summed E-state index contributed by atoms with van der Waals surface area (Å²) in [5.41, 5.74) is 2.81. The first-order valence-electron chi connectivity index (χ1n) is 6.66. The summed E-state index contributed by atoms with van der Waals surface area (Å²) in [6.45, 7) is 6.12. The quantitative estimate of drug-likeness (QED) is 0.723. The molecule has 0 saturated carbocycles. The molecule has 0 unspecified atom stereocenters. The van der Waals surface area contributed by atoms with Gasteiger partial charge in [0.15, 0.2) is 0 Å². The highest BCUT2D eigenvalue weighted by atomic mass is 35.5. The fraction of sp³-hybridized carbons (Fsp3) is 0.286. The van der Waals surface area contributed by atoms with Crippen LogP contribution in [0.3, 0.4) is 0 Å². The average Bonchev–Trinajstić information content (AvgIpc) is 2.77. The van der Waals surface area contributed by atoms with Crippen molar-refractivity contribution in [2.75, 3.05) is 5.32 Å². The van der Waals surface area contributed by atoms with Gasteiger partial charge in [0.25, 0.3) is 0 Å². The van der Waals surface area contributed by atoms with Crippen LogP contribution >= 0.6 is 11.6 Å². The number of fused-ring (bicyclic) bond motifs is 1. The van der Waals surface area contributed by atoms with Gasteiger partial charge in [-0.1, -0.05) is 13.8 Å². The highest BCUT2D eigenvalue weighted by Crippen LogP contribution is 2.26. The number of nitrogens with zero attached hydrogens (tertiary/aromatic N) is 4. The molecule has 0 spiro atoms. The van der Waals surface area contributed by atoms with Crippen molar-refractivity contribution in [3.8, 4) is 0 Å². The Morgan fingerprint density at radius 2 is 2.00 bits per heavy atom. The molecule has 0 aromatic carbocycles. The lowest BCUT2D eigenvalue weighted by Gasteiger charge is -2.10. The molecule has 0 aliphatic heterocycles. The lowest BCUT2D eigenvalue weighted by molar-refractivity contribution is 0.832. The van der Waals surface area contributed by atoms with E-state index in [0.29, 0.717) is 11.6 Å². The molecule has 21 heavy (non-hydrogen) atoms. The first kappa shape index (κ1) is 13.8. The molecule has 108 valence electrons. The number of aromatic nitrogens is 5. The van der Waals surface area contributed by atoms with Crippen molar-refractivity contribution < 1.29 is 0 Å². The van der Waals surface area contributed by atoms with Crippen LogP contribution in [0, 0.1) is 6.92 Å². The zero-order valence-electron chi connectivity index (χ0n) is 12.0. The van der Waals surface area contributed by atoms with Crippen molar-refractivity contribution >= 4 is 34.3 Å². The second-order valence-corrected chi connectivity index (χ2v) is 5.44. The van der Waals surface area contributed by atoms with Crippen LogP contribution in [0.4, 0.5) is 11.6 Å². The molecule has 3 aromatic rings. The van der Waals surface area contributed by atoms with Crippen molar-refractivity contribution in [2.24, 2.45) is 0 Å². The number of aromatic amines is 1. The first-order chi connectivity index (χ1) is 10.0. The van der Waals surface area contributed by atoms with E-state index in [9.17, 15) is 0 Å². The van der Waals surface area contributed by atoms with Crippen molar-refractivity contribution in [2.45, 2.75) is 26.7 Å². The SMILES string of the molecule is Cc1nc2c(C(C)C)nc(Nc3ccnc(Cl)n3)cc2[nH]1. The summed E-state index contributed by atoms with van der Waals surface area (Å²) in [5, 5.41) is 3.34. The molecule has 0 fully saturated rings. The van der Waals surface area contributed by atoms with Gasteiger partial charge in [0.05, 0.1) is 11.2 Å². The number of rotatable bonds is 3. The monoisotopic (exact) mass is 302 g/mol. The van der Waals surface area contributed by atoms with Crippen LogP contribution in [-0.4, -0.2) is 24.9 Å². The normalized spacial score (nSPS) is 11.3. The Morgan fingerprint density at radius 1 is 1.19 bits per heavy atom. The maximum absolute atomic E-state index is 5.79. The molecule has 6 nitrogen and oxygen atoms in total. The smallest absolute Gasteiger partial charge is 0.224 e. The molecule has 3 rings (SSSR count). The van der Waals surface area contributed by atoms with E-state index >= 15 is 0 Å². The summed E-state index contributed by atoms with van der Waals surface area (Å²) in [4.78, 5) is 20.4. The Morgan fingerprint density at radius 3 is 2.71 bits per heavy atom. The number of hydrogen-bond acceptors (Lipinski definition) is 5. The van der Waals surface area contributed by atoms with Gasteiger partial charge in [-0.15, -0.1) is 0 Å². The van der Waals surface area contributed by atoms with E-state index in [4.69, 9.17) is 11.6 Å². The van der Waals surface area contributed by atoms with Gasteiger partial charge in [-0.25, -0.2) is 19.9 Å². The number of halogens is 1. The van der Waals surface area contributed by atoms with Crippen LogP contribution in [-0.2, 0) is 0 Å². The number of hydrogen-bond donors (Lipinski definition) is 2. The molecular formula is C14H15ClN6. The number of pyridine rings is 1. The van der Waals surface area contributed by atoms with Crippen LogP contribution in [0.1, 0.15) is 31.3 Å². The Labute approximate surface area is 127 Å². The zero-order chi connectivity index (χ0) is 15.0. The molecule has 3 aromatic heterocycles. The standard InChI is InChI=1S/C14H15ClN6/c1-7(2)12-13-9(17-8(3)18-13)6-11(20-12)19-10-4-5-16-14(15)21-10/h4-7H,1-3H3,(H,17,18)(H,16,19,20,21). The van der Waals surface area contributed by atoms with Gasteiger partial charge in [-0.2, -0.15) is 0 Å². The molecule has 0 amide bonds. The van der Waals surface area contributed by atoms with E-state index in [0.717, 1.165) is 22.6 Å². The van der Waals surface area contributed by atoms with Crippen LogP contribution in [0.25, 0.3) is 11.0 Å². The Kier molecular flexibility index (Phi) is 3.47. The lowest BCUT2D eigenvalue weighted by atomic mass is 10.1. The predicted molar refractivity (Wildman–Crippen MR) is 83.0 cm³/mol. The molecule has 0 radical (unpaired) electrons. The van der Waals surface area contributed by atoms with E-state index in [1.807, 2.05) is 13.0 Å². The van der Waals surface area contributed by atoms with Crippen molar-refractivity contribution in [1.29, 1.82) is 0 Å². The Balaban J connectivity index is 2.06. The predicted octanol–water partition coefficient (Wildman–Crippen LogP) is 3.58. The second-order valence-electron chi connectivity index (χ2n) is 5.10. The number of aryl methyl sites for hydroxylation is 1. The number of anilines is 2. The van der Waals surface area contributed by atoms with Gasteiger partial charge in [0.2, 0.25) is 5.28 Å². The average molecular weight is 303 g/mol. The molecule has 0 aliphatic carbocycles. The van der Waals surface area contributed by atoms with E-state index in [2.05, 4.69) is 44.1 Å². The molecule has 0 aliphatic rings. The fourth-order valence-electron chi connectivity index (χ4n) is 2.16. The number of H-pyrrole nitrogens is 1. The lowest BCUT2D eigenvalue weighted by Crippen LogP contribution is -2.01. The topological polar surface area (TPSA) is 79.4 Å². The van der Waals surface area contributed by atoms with Crippen LogP contribution in [0.5, 0.6) is 0 Å². The van der Waals surface area contributed by atoms with Gasteiger partial charge < -0.3 is 10.3 Å². The highest BCUT2D eigenvalue weighted by Gasteiger charge is 2.13. The minimum absolute atomic E-state index is 0.197. The summed E-state index contributed by atoms with van der Waals surface area (Å²) in [6, 6.07) is 3.65. The molecule has 3 heterocycles. The van der Waals surface area contributed by atoms with Gasteiger partial charge in [0, 0.05) is 12.3 Å². The van der Waals surface area contributed by atoms with Gasteiger partial charge in [0.1, 0.15) is 23.0 Å². The number of imidazole rings is 1. The van der Waals surface area contributed by atoms with Crippen LogP contribution < -0.4 is 5.32 Å². The third-order valence-corrected chi connectivity index (χ3v) is 3.23. The molecule has 0 atom stereocenters. The van der Waals surface area contributed by atoms with E-state index in [-0.39, 0.29) is 11.2 Å². The molecular weight excluding hydrogens is 288 g/mol. The summed E-state index contributed by atoms with van der Waals surface area (Å²) in [6.07, 6.45) is 1.60. The minimum Gasteiger partial charge on any atom is -0.342 e. The van der Waals surface area contributed by atoms with Crippen LogP contribution in [0.2, 0.25) is 5.28 Å². The van der Waals surface area contributed by atoms with Crippen LogP contribution in [0.15, 0.2) is 18.3 Å². The third kappa shape index (κ3) is 2.80. The molecule has 2 N–H and O–H groups in total. The van der Waals surface area contributed by atoms with Gasteiger partial charge in [-0.3, -0.25) is 0 Å². The van der Waals surface area contributed by atoms with E-state index in [1.165, 1.54) is 0 Å². The van der Waals surface area contributed by atoms with Gasteiger partial charge in [-0.05, 0) is 30.5 Å².